The first-order valence-electron chi connectivity index (χ1n) is 5.95. The smallest absolute Gasteiger partial charge is 0.203 e. The van der Waals surface area contributed by atoms with Crippen molar-refractivity contribution < 1.29 is 4.79 Å². The van der Waals surface area contributed by atoms with E-state index in [9.17, 15) is 4.79 Å². The zero-order chi connectivity index (χ0) is 12.8. The summed E-state index contributed by atoms with van der Waals surface area (Å²) < 4.78 is 0. The van der Waals surface area contributed by atoms with Gasteiger partial charge in [-0.3, -0.25) is 9.79 Å². The van der Waals surface area contributed by atoms with Crippen LogP contribution in [0, 0.1) is 0 Å². The molecule has 0 heterocycles. The van der Waals surface area contributed by atoms with E-state index < -0.39 is 0 Å². The van der Waals surface area contributed by atoms with Gasteiger partial charge in [0.2, 0.25) is 5.78 Å². The van der Waals surface area contributed by atoms with Gasteiger partial charge < -0.3 is 0 Å². The Balaban J connectivity index is 2.06. The molecule has 2 aromatic carbocycles. The highest BCUT2D eigenvalue weighted by Gasteiger charge is 2.04. The molecule has 2 aromatic rings. The Morgan fingerprint density at radius 2 is 1.56 bits per heavy atom. The number of carbonyl (C=O) groups is 1. The van der Waals surface area contributed by atoms with Crippen molar-refractivity contribution in [3.63, 3.8) is 0 Å². The molecule has 0 bridgehead atoms. The molecule has 0 fully saturated rings. The van der Waals surface area contributed by atoms with Gasteiger partial charge in [-0.1, -0.05) is 60.7 Å². The molecule has 0 radical (unpaired) electrons. The summed E-state index contributed by atoms with van der Waals surface area (Å²) in [5.41, 5.74) is 1.77. The fourth-order valence-corrected chi connectivity index (χ4v) is 1.67. The van der Waals surface area contributed by atoms with Gasteiger partial charge in [0.1, 0.15) is 0 Å². The van der Waals surface area contributed by atoms with Gasteiger partial charge in [-0.2, -0.15) is 0 Å². The Labute approximate surface area is 107 Å². The second kappa shape index (κ2) is 5.92. The molecule has 1 atom stereocenters. The first-order valence-corrected chi connectivity index (χ1v) is 5.95. The summed E-state index contributed by atoms with van der Waals surface area (Å²) >= 11 is 0. The third-order valence-corrected chi connectivity index (χ3v) is 2.76. The highest BCUT2D eigenvalue weighted by atomic mass is 16.1. The summed E-state index contributed by atoms with van der Waals surface area (Å²) in [6.45, 7) is 1.98. The van der Waals surface area contributed by atoms with E-state index in [0.717, 1.165) is 5.56 Å². The number of ketones is 1. The molecule has 2 rings (SSSR count). The molecule has 0 aromatic heterocycles. The Bertz CT molecular complexity index is 532. The first-order chi connectivity index (χ1) is 8.77. The number of hydrogen-bond donors (Lipinski definition) is 0. The van der Waals surface area contributed by atoms with Crippen molar-refractivity contribution in [2.45, 2.75) is 13.0 Å². The summed E-state index contributed by atoms with van der Waals surface area (Å²) in [6.07, 6.45) is 1.41. The molecule has 18 heavy (non-hydrogen) atoms. The molecule has 0 saturated carbocycles. The van der Waals surface area contributed by atoms with Gasteiger partial charge in [0.25, 0.3) is 0 Å². The maximum absolute atomic E-state index is 11.8. The molecule has 2 nitrogen and oxygen atoms in total. The predicted octanol–water partition coefficient (Wildman–Crippen LogP) is 3.70. The lowest BCUT2D eigenvalue weighted by Crippen LogP contribution is -2.01. The number of benzene rings is 2. The maximum atomic E-state index is 11.8. The van der Waals surface area contributed by atoms with E-state index in [2.05, 4.69) is 4.99 Å². The fraction of sp³-hybridized carbons (Fsp3) is 0.125. The van der Waals surface area contributed by atoms with E-state index in [-0.39, 0.29) is 11.8 Å². The fourth-order valence-electron chi connectivity index (χ4n) is 1.67. The van der Waals surface area contributed by atoms with Crippen LogP contribution < -0.4 is 0 Å². The van der Waals surface area contributed by atoms with Crippen molar-refractivity contribution in [3.8, 4) is 0 Å². The molecular formula is C16H15NO. The number of nitrogens with zero attached hydrogens (tertiary/aromatic N) is 1. The second-order valence-corrected chi connectivity index (χ2v) is 4.10. The average Bonchev–Trinajstić information content (AvgIpc) is 2.46. The first kappa shape index (κ1) is 12.2. The quantitative estimate of drug-likeness (QED) is 0.589. The normalized spacial score (nSPS) is 12.5. The Morgan fingerprint density at radius 1 is 1.00 bits per heavy atom. The summed E-state index contributed by atoms with van der Waals surface area (Å²) in [6, 6.07) is 19.1. The Kier molecular flexibility index (Phi) is 4.02. The molecule has 0 aliphatic carbocycles. The highest BCUT2D eigenvalue weighted by Crippen LogP contribution is 2.15. The monoisotopic (exact) mass is 237 g/mol. The number of Topliss-reactive ketones (excluding diaryl/α,β-unsaturated/α-hetero) is 1. The number of aliphatic imine (C=N–C) groups is 1. The molecular weight excluding hydrogens is 222 g/mol. The molecule has 0 saturated heterocycles. The van der Waals surface area contributed by atoms with Crippen molar-refractivity contribution in [3.05, 3.63) is 71.8 Å². The van der Waals surface area contributed by atoms with Crippen LogP contribution in [0.2, 0.25) is 0 Å². The summed E-state index contributed by atoms with van der Waals surface area (Å²) in [4.78, 5) is 16.1. The van der Waals surface area contributed by atoms with E-state index in [1.807, 2.05) is 55.5 Å². The summed E-state index contributed by atoms with van der Waals surface area (Å²) in [5.74, 6) is -0.0571. The lowest BCUT2D eigenvalue weighted by molar-refractivity contribution is 0.107. The van der Waals surface area contributed by atoms with Gasteiger partial charge in [0.05, 0.1) is 12.3 Å². The van der Waals surface area contributed by atoms with Crippen LogP contribution in [0.3, 0.4) is 0 Å². The van der Waals surface area contributed by atoms with E-state index in [1.54, 1.807) is 12.1 Å². The third-order valence-electron chi connectivity index (χ3n) is 2.76. The van der Waals surface area contributed by atoms with Crippen LogP contribution in [-0.4, -0.2) is 12.0 Å². The van der Waals surface area contributed by atoms with Crippen molar-refractivity contribution >= 4 is 12.0 Å². The molecule has 90 valence electrons. The van der Waals surface area contributed by atoms with Gasteiger partial charge in [-0.15, -0.1) is 0 Å². The molecule has 0 aliphatic heterocycles. The van der Waals surface area contributed by atoms with Gasteiger partial charge in [-0.05, 0) is 12.5 Å². The van der Waals surface area contributed by atoms with Crippen molar-refractivity contribution in [1.82, 2.24) is 0 Å². The van der Waals surface area contributed by atoms with Crippen LogP contribution in [0.15, 0.2) is 65.7 Å². The lowest BCUT2D eigenvalue weighted by atomic mass is 10.1. The van der Waals surface area contributed by atoms with Gasteiger partial charge >= 0.3 is 0 Å². The molecule has 2 heteroatoms. The van der Waals surface area contributed by atoms with Crippen LogP contribution in [0.25, 0.3) is 0 Å². The second-order valence-electron chi connectivity index (χ2n) is 4.10. The average molecular weight is 237 g/mol. The zero-order valence-corrected chi connectivity index (χ0v) is 10.3. The molecule has 0 aliphatic rings. The number of hydrogen-bond acceptors (Lipinski definition) is 2. The van der Waals surface area contributed by atoms with Crippen LogP contribution >= 0.6 is 0 Å². The van der Waals surface area contributed by atoms with E-state index in [0.29, 0.717) is 5.56 Å². The standard InChI is InChI=1S/C16H15NO/c1-13(14-8-4-2-5-9-14)17-12-16(18)15-10-6-3-7-11-15/h2-13H,1H3. The van der Waals surface area contributed by atoms with Crippen LogP contribution in [0.5, 0.6) is 0 Å². The minimum Gasteiger partial charge on any atom is -0.288 e. The van der Waals surface area contributed by atoms with Crippen molar-refractivity contribution in [1.29, 1.82) is 0 Å². The zero-order valence-electron chi connectivity index (χ0n) is 10.3. The topological polar surface area (TPSA) is 29.4 Å². The number of carbonyl (C=O) groups excluding carboxylic acids is 1. The van der Waals surface area contributed by atoms with Gasteiger partial charge in [0.15, 0.2) is 0 Å². The minimum absolute atomic E-state index is 0.00105. The lowest BCUT2D eigenvalue weighted by Gasteiger charge is -2.05. The highest BCUT2D eigenvalue weighted by molar-refractivity contribution is 6.35. The molecule has 0 spiro atoms. The van der Waals surface area contributed by atoms with Crippen LogP contribution in [-0.2, 0) is 0 Å². The van der Waals surface area contributed by atoms with Gasteiger partial charge in [0, 0.05) is 5.56 Å². The minimum atomic E-state index is -0.0571. The predicted molar refractivity (Wildman–Crippen MR) is 74.1 cm³/mol. The van der Waals surface area contributed by atoms with Crippen molar-refractivity contribution in [2.24, 2.45) is 4.99 Å². The SMILES string of the molecule is CC(N=CC(=O)c1ccccc1)c1ccccc1. The van der Waals surface area contributed by atoms with E-state index in [1.165, 1.54) is 6.21 Å². The van der Waals surface area contributed by atoms with Gasteiger partial charge in [-0.25, -0.2) is 0 Å². The van der Waals surface area contributed by atoms with E-state index >= 15 is 0 Å². The Hall–Kier alpha value is -2.22. The van der Waals surface area contributed by atoms with Crippen LogP contribution in [0.1, 0.15) is 28.9 Å². The third kappa shape index (κ3) is 3.14. The molecule has 0 amide bonds. The summed E-state index contributed by atoms with van der Waals surface area (Å²) in [7, 11) is 0. The van der Waals surface area contributed by atoms with E-state index in [4.69, 9.17) is 0 Å². The van der Waals surface area contributed by atoms with Crippen LogP contribution in [0.4, 0.5) is 0 Å². The van der Waals surface area contributed by atoms with Crippen molar-refractivity contribution in [2.75, 3.05) is 0 Å². The number of rotatable bonds is 4. The summed E-state index contributed by atoms with van der Waals surface area (Å²) in [5, 5.41) is 0. The Morgan fingerprint density at radius 3 is 2.17 bits per heavy atom. The molecule has 1 unspecified atom stereocenters. The largest absolute Gasteiger partial charge is 0.288 e. The molecule has 0 N–H and O–H groups in total. The maximum Gasteiger partial charge on any atom is 0.203 e.